The first-order valence-corrected chi connectivity index (χ1v) is 7.08. The van der Waals surface area contributed by atoms with Crippen molar-refractivity contribution in [1.29, 1.82) is 0 Å². The molecule has 0 amide bonds. The second-order valence-electron chi connectivity index (χ2n) is 4.64. The Balaban J connectivity index is 0.000000774. The zero-order valence-corrected chi connectivity index (χ0v) is 12.2. The van der Waals surface area contributed by atoms with Gasteiger partial charge >= 0.3 is 0 Å². The summed E-state index contributed by atoms with van der Waals surface area (Å²) >= 11 is 0. The third-order valence-corrected chi connectivity index (χ3v) is 3.46. The Morgan fingerprint density at radius 2 is 1.67 bits per heavy atom. The number of aliphatic hydroxyl groups excluding tert-OH is 1. The number of aliphatic hydroxyl groups is 1. The van der Waals surface area contributed by atoms with E-state index in [2.05, 4.69) is 0 Å². The number of ether oxygens (including phenoxy) is 1. The molecule has 3 N–H and O–H groups in total. The molecule has 1 heterocycles. The van der Waals surface area contributed by atoms with Crippen LogP contribution in [0.5, 0.6) is 17.2 Å². The van der Waals surface area contributed by atoms with Crippen LogP contribution >= 0.6 is 0 Å². The van der Waals surface area contributed by atoms with Crippen molar-refractivity contribution in [3.05, 3.63) is 53.6 Å². The highest BCUT2D eigenvalue weighted by atomic mass is 16.5. The van der Waals surface area contributed by atoms with Gasteiger partial charge < -0.3 is 20.1 Å². The van der Waals surface area contributed by atoms with E-state index in [0.717, 1.165) is 5.56 Å². The van der Waals surface area contributed by atoms with Gasteiger partial charge in [-0.1, -0.05) is 32.0 Å². The molecular weight excluding hydrogens is 268 g/mol. The van der Waals surface area contributed by atoms with Gasteiger partial charge in [0.05, 0.1) is 18.3 Å². The van der Waals surface area contributed by atoms with Gasteiger partial charge in [0.15, 0.2) is 0 Å². The van der Waals surface area contributed by atoms with Gasteiger partial charge in [0.1, 0.15) is 17.2 Å². The first-order valence-electron chi connectivity index (χ1n) is 7.08. The predicted molar refractivity (Wildman–Crippen MR) is 80.8 cm³/mol. The molecule has 1 aliphatic heterocycles. The summed E-state index contributed by atoms with van der Waals surface area (Å²) in [5.41, 5.74) is 1.28. The van der Waals surface area contributed by atoms with Crippen LogP contribution in [0.25, 0.3) is 0 Å². The lowest BCUT2D eigenvalue weighted by molar-refractivity contribution is 0.0861. The SMILES string of the molecule is CC.Oc1ccc(C2COc3cccc(O)c3C2O)cc1. The van der Waals surface area contributed by atoms with E-state index in [1.807, 2.05) is 13.8 Å². The monoisotopic (exact) mass is 288 g/mol. The lowest BCUT2D eigenvalue weighted by Crippen LogP contribution is -2.24. The molecule has 21 heavy (non-hydrogen) atoms. The zero-order chi connectivity index (χ0) is 15.4. The zero-order valence-electron chi connectivity index (χ0n) is 12.2. The predicted octanol–water partition coefficient (Wildman–Crippen LogP) is 3.33. The number of aromatic hydroxyl groups is 2. The topological polar surface area (TPSA) is 69.9 Å². The third kappa shape index (κ3) is 2.95. The lowest BCUT2D eigenvalue weighted by atomic mass is 9.87. The second-order valence-corrected chi connectivity index (χ2v) is 4.64. The van der Waals surface area contributed by atoms with Crippen molar-refractivity contribution in [2.24, 2.45) is 0 Å². The Bertz CT molecular complexity index is 592. The number of hydrogen-bond donors (Lipinski definition) is 3. The standard InChI is InChI=1S/C15H14O4.C2H6/c16-10-6-4-9(5-7-10)11-8-19-13-3-1-2-12(17)14(13)15(11)18;1-2/h1-7,11,15-18H,8H2;1-2H3. The fraction of sp³-hybridized carbons (Fsp3) is 0.294. The molecule has 0 fully saturated rings. The van der Waals surface area contributed by atoms with Gasteiger partial charge in [0, 0.05) is 5.92 Å². The molecule has 3 rings (SSSR count). The Labute approximate surface area is 124 Å². The van der Waals surface area contributed by atoms with Gasteiger partial charge in [-0.2, -0.15) is 0 Å². The largest absolute Gasteiger partial charge is 0.508 e. The van der Waals surface area contributed by atoms with Crippen LogP contribution in [0.15, 0.2) is 42.5 Å². The van der Waals surface area contributed by atoms with Crippen LogP contribution in [0.2, 0.25) is 0 Å². The summed E-state index contributed by atoms with van der Waals surface area (Å²) in [6.45, 7) is 4.34. The van der Waals surface area contributed by atoms with Crippen molar-refractivity contribution < 1.29 is 20.1 Å². The maximum absolute atomic E-state index is 10.4. The summed E-state index contributed by atoms with van der Waals surface area (Å²) in [5, 5.41) is 29.6. The highest BCUT2D eigenvalue weighted by Gasteiger charge is 2.32. The molecule has 0 spiro atoms. The third-order valence-electron chi connectivity index (χ3n) is 3.46. The van der Waals surface area contributed by atoms with Crippen molar-refractivity contribution in [1.82, 2.24) is 0 Å². The average molecular weight is 288 g/mol. The van der Waals surface area contributed by atoms with Crippen LogP contribution in [0.1, 0.15) is 37.0 Å². The molecular formula is C17H20O4. The molecule has 0 aliphatic carbocycles. The summed E-state index contributed by atoms with van der Waals surface area (Å²) in [5.74, 6) is 0.468. The van der Waals surface area contributed by atoms with Crippen LogP contribution in [-0.4, -0.2) is 21.9 Å². The first-order chi connectivity index (χ1) is 10.2. The molecule has 2 aromatic rings. The van der Waals surface area contributed by atoms with Crippen molar-refractivity contribution in [2.75, 3.05) is 6.61 Å². The lowest BCUT2D eigenvalue weighted by Gasteiger charge is -2.31. The fourth-order valence-corrected chi connectivity index (χ4v) is 2.43. The van der Waals surface area contributed by atoms with Gasteiger partial charge in [0.2, 0.25) is 0 Å². The van der Waals surface area contributed by atoms with E-state index in [9.17, 15) is 15.3 Å². The average Bonchev–Trinajstić information content (AvgIpc) is 2.51. The van der Waals surface area contributed by atoms with Gasteiger partial charge in [-0.15, -0.1) is 0 Å². The Morgan fingerprint density at radius 3 is 2.33 bits per heavy atom. The quantitative estimate of drug-likeness (QED) is 0.752. The van der Waals surface area contributed by atoms with Crippen LogP contribution in [0, 0.1) is 0 Å². The van der Waals surface area contributed by atoms with Crippen LogP contribution < -0.4 is 4.74 Å². The van der Waals surface area contributed by atoms with E-state index in [0.29, 0.717) is 17.9 Å². The molecule has 112 valence electrons. The molecule has 4 heteroatoms. The Kier molecular flexibility index (Phi) is 4.70. The summed E-state index contributed by atoms with van der Waals surface area (Å²) in [6, 6.07) is 11.6. The van der Waals surface area contributed by atoms with E-state index in [1.54, 1.807) is 36.4 Å². The van der Waals surface area contributed by atoms with Crippen LogP contribution in [-0.2, 0) is 0 Å². The number of benzene rings is 2. The minimum Gasteiger partial charge on any atom is -0.508 e. The summed E-state index contributed by atoms with van der Waals surface area (Å²) in [4.78, 5) is 0. The first kappa shape index (κ1) is 15.2. The number of phenols is 2. The molecule has 2 aromatic carbocycles. The van der Waals surface area contributed by atoms with Crippen molar-refractivity contribution in [3.8, 4) is 17.2 Å². The fourth-order valence-electron chi connectivity index (χ4n) is 2.43. The number of fused-ring (bicyclic) bond motifs is 1. The van der Waals surface area contributed by atoms with E-state index in [1.165, 1.54) is 6.07 Å². The van der Waals surface area contributed by atoms with Crippen molar-refractivity contribution >= 4 is 0 Å². The Hall–Kier alpha value is -2.20. The van der Waals surface area contributed by atoms with E-state index in [4.69, 9.17) is 4.74 Å². The van der Waals surface area contributed by atoms with Crippen molar-refractivity contribution in [3.63, 3.8) is 0 Å². The normalized spacial score (nSPS) is 19.8. The summed E-state index contributed by atoms with van der Waals surface area (Å²) in [7, 11) is 0. The minimum absolute atomic E-state index is 0.0356. The number of hydrogen-bond acceptors (Lipinski definition) is 4. The van der Waals surface area contributed by atoms with Gasteiger partial charge in [-0.05, 0) is 29.8 Å². The van der Waals surface area contributed by atoms with E-state index in [-0.39, 0.29) is 17.4 Å². The highest BCUT2D eigenvalue weighted by molar-refractivity contribution is 5.48. The molecule has 0 saturated heterocycles. The maximum Gasteiger partial charge on any atom is 0.128 e. The molecule has 2 unspecified atom stereocenters. The Morgan fingerprint density at radius 1 is 1.00 bits per heavy atom. The smallest absolute Gasteiger partial charge is 0.128 e. The van der Waals surface area contributed by atoms with E-state index < -0.39 is 6.10 Å². The minimum atomic E-state index is -0.825. The summed E-state index contributed by atoms with van der Waals surface area (Å²) < 4.78 is 5.59. The highest BCUT2D eigenvalue weighted by Crippen LogP contribution is 2.44. The van der Waals surface area contributed by atoms with Gasteiger partial charge in [-0.25, -0.2) is 0 Å². The van der Waals surface area contributed by atoms with Crippen LogP contribution in [0.3, 0.4) is 0 Å². The molecule has 0 aromatic heterocycles. The molecule has 0 bridgehead atoms. The van der Waals surface area contributed by atoms with Crippen LogP contribution in [0.4, 0.5) is 0 Å². The molecule has 0 saturated carbocycles. The molecule has 4 nitrogen and oxygen atoms in total. The molecule has 0 radical (unpaired) electrons. The van der Waals surface area contributed by atoms with Gasteiger partial charge in [-0.3, -0.25) is 0 Å². The van der Waals surface area contributed by atoms with E-state index >= 15 is 0 Å². The maximum atomic E-state index is 10.4. The molecule has 2 atom stereocenters. The van der Waals surface area contributed by atoms with Crippen molar-refractivity contribution in [2.45, 2.75) is 25.9 Å². The second kappa shape index (κ2) is 6.50. The number of phenolic OH excluding ortho intramolecular Hbond substituents is 2. The number of rotatable bonds is 1. The van der Waals surface area contributed by atoms with Gasteiger partial charge in [0.25, 0.3) is 0 Å². The molecule has 1 aliphatic rings. The summed E-state index contributed by atoms with van der Waals surface area (Å²) in [6.07, 6.45) is -0.825.